The highest BCUT2D eigenvalue weighted by molar-refractivity contribution is 7.98. The maximum absolute atomic E-state index is 5.95. The topological polar surface area (TPSA) is 39.9 Å². The van der Waals surface area contributed by atoms with Gasteiger partial charge >= 0.3 is 0 Å². The molecular formula is C23H21N3OS. The number of hydrogen-bond donors (Lipinski definition) is 0. The van der Waals surface area contributed by atoms with Gasteiger partial charge in [0, 0.05) is 11.4 Å². The molecule has 3 aromatic carbocycles. The Morgan fingerprint density at radius 1 is 0.821 bits per heavy atom. The number of nitrogens with zero attached hydrogens (tertiary/aromatic N) is 3. The zero-order valence-electron chi connectivity index (χ0n) is 15.7. The van der Waals surface area contributed by atoms with E-state index < -0.39 is 0 Å². The van der Waals surface area contributed by atoms with Crippen LogP contribution in [-0.2, 0) is 12.4 Å². The van der Waals surface area contributed by atoms with E-state index in [1.807, 2.05) is 48.5 Å². The number of aromatic nitrogens is 3. The molecule has 0 radical (unpaired) electrons. The van der Waals surface area contributed by atoms with Gasteiger partial charge in [-0.25, -0.2) is 0 Å². The van der Waals surface area contributed by atoms with Crippen molar-refractivity contribution >= 4 is 11.8 Å². The molecule has 28 heavy (non-hydrogen) atoms. The molecule has 0 bridgehead atoms. The van der Waals surface area contributed by atoms with Crippen molar-refractivity contribution in [1.82, 2.24) is 14.8 Å². The Morgan fingerprint density at radius 2 is 1.50 bits per heavy atom. The maximum Gasteiger partial charge on any atom is 0.196 e. The van der Waals surface area contributed by atoms with E-state index >= 15 is 0 Å². The number of benzene rings is 3. The van der Waals surface area contributed by atoms with Crippen molar-refractivity contribution in [3.8, 4) is 11.4 Å². The van der Waals surface area contributed by atoms with E-state index in [4.69, 9.17) is 4.74 Å². The fourth-order valence-corrected chi connectivity index (χ4v) is 3.75. The van der Waals surface area contributed by atoms with Gasteiger partial charge in [-0.15, -0.1) is 10.2 Å². The molecule has 140 valence electrons. The SMILES string of the molecule is Cc1ccc(OCc2nnc(SCc3ccccc3)n2-c2ccccc2)cc1. The van der Waals surface area contributed by atoms with Crippen molar-refractivity contribution in [3.63, 3.8) is 0 Å². The molecule has 4 aromatic rings. The highest BCUT2D eigenvalue weighted by Crippen LogP contribution is 2.26. The first-order valence-electron chi connectivity index (χ1n) is 9.15. The molecule has 0 aliphatic heterocycles. The Kier molecular flexibility index (Phi) is 5.73. The van der Waals surface area contributed by atoms with Gasteiger partial charge in [0.25, 0.3) is 0 Å². The second-order valence-electron chi connectivity index (χ2n) is 6.45. The number of rotatable bonds is 7. The van der Waals surface area contributed by atoms with Crippen LogP contribution in [0.25, 0.3) is 5.69 Å². The minimum atomic E-state index is 0.358. The second kappa shape index (κ2) is 8.76. The minimum Gasteiger partial charge on any atom is -0.486 e. The van der Waals surface area contributed by atoms with Crippen molar-refractivity contribution < 1.29 is 4.74 Å². The Labute approximate surface area is 169 Å². The lowest BCUT2D eigenvalue weighted by Gasteiger charge is -2.11. The van der Waals surface area contributed by atoms with Crippen LogP contribution in [0, 0.1) is 6.92 Å². The second-order valence-corrected chi connectivity index (χ2v) is 7.39. The third kappa shape index (κ3) is 4.43. The van der Waals surface area contributed by atoms with Gasteiger partial charge in [-0.3, -0.25) is 4.57 Å². The summed E-state index contributed by atoms with van der Waals surface area (Å²) < 4.78 is 8.02. The molecule has 4 rings (SSSR count). The molecule has 0 atom stereocenters. The van der Waals surface area contributed by atoms with Gasteiger partial charge < -0.3 is 4.74 Å². The van der Waals surface area contributed by atoms with E-state index in [0.717, 1.165) is 28.2 Å². The summed E-state index contributed by atoms with van der Waals surface area (Å²) in [7, 11) is 0. The quantitative estimate of drug-likeness (QED) is 0.396. The van der Waals surface area contributed by atoms with Crippen LogP contribution < -0.4 is 4.74 Å². The molecular weight excluding hydrogens is 366 g/mol. The first kappa shape index (κ1) is 18.3. The standard InChI is InChI=1S/C23H21N3OS/c1-18-12-14-21(15-13-18)27-16-22-24-25-23(26(22)20-10-6-3-7-11-20)28-17-19-8-4-2-5-9-19/h2-15H,16-17H2,1H3. The van der Waals surface area contributed by atoms with Gasteiger partial charge in [0.1, 0.15) is 12.4 Å². The number of thioether (sulfide) groups is 1. The molecule has 0 aliphatic rings. The molecule has 0 N–H and O–H groups in total. The smallest absolute Gasteiger partial charge is 0.196 e. The lowest BCUT2D eigenvalue weighted by Crippen LogP contribution is -2.06. The van der Waals surface area contributed by atoms with E-state index in [1.165, 1.54) is 11.1 Å². The fourth-order valence-electron chi connectivity index (χ4n) is 2.83. The largest absolute Gasteiger partial charge is 0.486 e. The van der Waals surface area contributed by atoms with Crippen LogP contribution in [0.2, 0.25) is 0 Å². The predicted molar refractivity (Wildman–Crippen MR) is 113 cm³/mol. The number of para-hydroxylation sites is 1. The van der Waals surface area contributed by atoms with Crippen LogP contribution >= 0.6 is 11.8 Å². The van der Waals surface area contributed by atoms with E-state index in [2.05, 4.69) is 58.1 Å². The molecule has 0 unspecified atom stereocenters. The van der Waals surface area contributed by atoms with Crippen LogP contribution in [-0.4, -0.2) is 14.8 Å². The maximum atomic E-state index is 5.95. The van der Waals surface area contributed by atoms with E-state index in [-0.39, 0.29) is 0 Å². The zero-order chi connectivity index (χ0) is 19.2. The molecule has 0 spiro atoms. The molecule has 0 fully saturated rings. The Morgan fingerprint density at radius 3 is 2.21 bits per heavy atom. The van der Waals surface area contributed by atoms with Gasteiger partial charge in [-0.1, -0.05) is 78.0 Å². The van der Waals surface area contributed by atoms with Crippen molar-refractivity contribution in [2.45, 2.75) is 24.4 Å². The summed E-state index contributed by atoms with van der Waals surface area (Å²) in [4.78, 5) is 0. The molecule has 1 aromatic heterocycles. The van der Waals surface area contributed by atoms with Crippen LogP contribution in [0.15, 0.2) is 90.1 Å². The van der Waals surface area contributed by atoms with Crippen molar-refractivity contribution in [2.75, 3.05) is 0 Å². The van der Waals surface area contributed by atoms with Crippen LogP contribution in [0.3, 0.4) is 0 Å². The number of ether oxygens (including phenoxy) is 1. The molecule has 0 amide bonds. The van der Waals surface area contributed by atoms with Gasteiger partial charge in [0.15, 0.2) is 11.0 Å². The fraction of sp³-hybridized carbons (Fsp3) is 0.130. The summed E-state index contributed by atoms with van der Waals surface area (Å²) in [6.45, 7) is 2.42. The zero-order valence-corrected chi connectivity index (χ0v) is 16.5. The highest BCUT2D eigenvalue weighted by Gasteiger charge is 2.15. The average Bonchev–Trinajstić information content (AvgIpc) is 3.16. The summed E-state index contributed by atoms with van der Waals surface area (Å²) in [6, 6.07) is 28.6. The van der Waals surface area contributed by atoms with E-state index in [9.17, 15) is 0 Å². The summed E-state index contributed by atoms with van der Waals surface area (Å²) >= 11 is 1.67. The number of aryl methyl sites for hydroxylation is 1. The lowest BCUT2D eigenvalue weighted by atomic mass is 10.2. The summed E-state index contributed by atoms with van der Waals surface area (Å²) in [6.07, 6.45) is 0. The first-order valence-corrected chi connectivity index (χ1v) is 10.1. The Hall–Kier alpha value is -3.05. The van der Waals surface area contributed by atoms with Crippen molar-refractivity contribution in [2.24, 2.45) is 0 Å². The lowest BCUT2D eigenvalue weighted by molar-refractivity contribution is 0.293. The Balaban J connectivity index is 1.57. The predicted octanol–water partition coefficient (Wildman–Crippen LogP) is 5.45. The third-order valence-corrected chi connectivity index (χ3v) is 5.31. The van der Waals surface area contributed by atoms with Gasteiger partial charge in [0.2, 0.25) is 0 Å². The first-order chi connectivity index (χ1) is 13.8. The summed E-state index contributed by atoms with van der Waals surface area (Å²) in [5.74, 6) is 2.44. The third-order valence-electron chi connectivity index (χ3n) is 4.31. The Bertz CT molecular complexity index is 1010. The van der Waals surface area contributed by atoms with Crippen LogP contribution in [0.5, 0.6) is 5.75 Å². The minimum absolute atomic E-state index is 0.358. The molecule has 0 aliphatic carbocycles. The van der Waals surface area contributed by atoms with Gasteiger partial charge in [-0.05, 0) is 36.8 Å². The highest BCUT2D eigenvalue weighted by atomic mass is 32.2. The number of hydrogen-bond acceptors (Lipinski definition) is 4. The van der Waals surface area contributed by atoms with Crippen LogP contribution in [0.4, 0.5) is 0 Å². The average molecular weight is 388 g/mol. The summed E-state index contributed by atoms with van der Waals surface area (Å²) in [5.41, 5.74) is 3.50. The van der Waals surface area contributed by atoms with Crippen molar-refractivity contribution in [1.29, 1.82) is 0 Å². The normalized spacial score (nSPS) is 10.8. The molecule has 4 nitrogen and oxygen atoms in total. The molecule has 1 heterocycles. The van der Waals surface area contributed by atoms with Gasteiger partial charge in [-0.2, -0.15) is 0 Å². The van der Waals surface area contributed by atoms with E-state index in [1.54, 1.807) is 11.8 Å². The van der Waals surface area contributed by atoms with Gasteiger partial charge in [0.05, 0.1) is 0 Å². The van der Waals surface area contributed by atoms with Crippen LogP contribution in [0.1, 0.15) is 17.0 Å². The molecule has 0 saturated carbocycles. The van der Waals surface area contributed by atoms with Crippen molar-refractivity contribution in [3.05, 3.63) is 102 Å². The molecule has 0 saturated heterocycles. The monoisotopic (exact) mass is 387 g/mol. The van der Waals surface area contributed by atoms with E-state index in [0.29, 0.717) is 6.61 Å². The summed E-state index contributed by atoms with van der Waals surface area (Å²) in [5, 5.41) is 9.69. The molecule has 5 heteroatoms.